The number of hydrogen-bond donors (Lipinski definition) is 1. The highest BCUT2D eigenvalue weighted by Crippen LogP contribution is 2.19. The van der Waals surface area contributed by atoms with E-state index in [0.29, 0.717) is 11.3 Å². The first kappa shape index (κ1) is 14.0. The van der Waals surface area contributed by atoms with E-state index in [1.54, 1.807) is 7.11 Å². The first-order chi connectivity index (χ1) is 8.01. The van der Waals surface area contributed by atoms with Crippen LogP contribution in [0, 0.1) is 5.41 Å². The van der Waals surface area contributed by atoms with Crippen molar-refractivity contribution in [2.75, 3.05) is 13.7 Å². The maximum absolute atomic E-state index is 5.02. The van der Waals surface area contributed by atoms with Crippen molar-refractivity contribution >= 4 is 0 Å². The van der Waals surface area contributed by atoms with Crippen LogP contribution in [0.2, 0.25) is 0 Å². The van der Waals surface area contributed by atoms with Gasteiger partial charge in [-0.15, -0.1) is 0 Å². The van der Waals surface area contributed by atoms with Crippen molar-refractivity contribution in [3.8, 4) is 5.88 Å². The summed E-state index contributed by atoms with van der Waals surface area (Å²) >= 11 is 0. The second-order valence-corrected chi connectivity index (χ2v) is 5.55. The van der Waals surface area contributed by atoms with Crippen LogP contribution in [0.4, 0.5) is 0 Å². The Morgan fingerprint density at radius 3 is 2.59 bits per heavy atom. The van der Waals surface area contributed by atoms with Gasteiger partial charge in [0.1, 0.15) is 0 Å². The summed E-state index contributed by atoms with van der Waals surface area (Å²) in [4.78, 5) is 4.17. The molecule has 0 fully saturated rings. The van der Waals surface area contributed by atoms with Crippen LogP contribution in [0.1, 0.15) is 39.2 Å². The minimum absolute atomic E-state index is 0.434. The van der Waals surface area contributed by atoms with Crippen LogP contribution in [0.25, 0.3) is 0 Å². The van der Waals surface area contributed by atoms with Crippen LogP contribution in [0.5, 0.6) is 5.88 Å². The van der Waals surface area contributed by atoms with Crippen molar-refractivity contribution in [2.45, 2.75) is 40.2 Å². The SMILES string of the molecule is COc1ccc(CNCCCC(C)(C)C)cn1. The monoisotopic (exact) mass is 236 g/mol. The van der Waals surface area contributed by atoms with E-state index < -0.39 is 0 Å². The lowest BCUT2D eigenvalue weighted by Crippen LogP contribution is -2.17. The summed E-state index contributed by atoms with van der Waals surface area (Å²) in [5, 5.41) is 3.43. The summed E-state index contributed by atoms with van der Waals surface area (Å²) in [6, 6.07) is 3.94. The molecule has 0 saturated heterocycles. The second-order valence-electron chi connectivity index (χ2n) is 5.55. The Morgan fingerprint density at radius 2 is 2.06 bits per heavy atom. The molecule has 0 aromatic carbocycles. The second kappa shape index (κ2) is 6.60. The quantitative estimate of drug-likeness (QED) is 0.771. The lowest BCUT2D eigenvalue weighted by atomic mass is 9.91. The van der Waals surface area contributed by atoms with Gasteiger partial charge in [0.15, 0.2) is 0 Å². The molecule has 0 saturated carbocycles. The molecule has 0 aliphatic rings. The fourth-order valence-corrected chi connectivity index (χ4v) is 1.61. The number of nitrogens with one attached hydrogen (secondary N) is 1. The van der Waals surface area contributed by atoms with E-state index in [-0.39, 0.29) is 0 Å². The highest BCUT2D eigenvalue weighted by Gasteiger charge is 2.08. The molecule has 0 spiro atoms. The molecule has 1 aromatic heterocycles. The molecule has 3 nitrogen and oxygen atoms in total. The molecule has 0 aliphatic carbocycles. The van der Waals surface area contributed by atoms with E-state index in [4.69, 9.17) is 4.74 Å². The van der Waals surface area contributed by atoms with E-state index in [1.807, 2.05) is 18.3 Å². The van der Waals surface area contributed by atoms with Gasteiger partial charge >= 0.3 is 0 Å². The third-order valence-electron chi connectivity index (χ3n) is 2.62. The highest BCUT2D eigenvalue weighted by molar-refractivity contribution is 5.17. The molecule has 3 heteroatoms. The summed E-state index contributed by atoms with van der Waals surface area (Å²) < 4.78 is 5.02. The average molecular weight is 236 g/mol. The summed E-state index contributed by atoms with van der Waals surface area (Å²) in [5.74, 6) is 0.668. The van der Waals surface area contributed by atoms with Crippen molar-refractivity contribution in [2.24, 2.45) is 5.41 Å². The largest absolute Gasteiger partial charge is 0.481 e. The van der Waals surface area contributed by atoms with Crippen LogP contribution in [0.3, 0.4) is 0 Å². The van der Waals surface area contributed by atoms with Crippen molar-refractivity contribution < 1.29 is 4.74 Å². The third kappa shape index (κ3) is 6.27. The maximum atomic E-state index is 5.02. The number of methoxy groups -OCH3 is 1. The predicted molar refractivity (Wildman–Crippen MR) is 71.2 cm³/mol. The van der Waals surface area contributed by atoms with E-state index in [0.717, 1.165) is 13.1 Å². The predicted octanol–water partition coefficient (Wildman–Crippen LogP) is 3.01. The molecule has 1 aromatic rings. The molecule has 0 amide bonds. The van der Waals surface area contributed by atoms with Gasteiger partial charge in [-0.05, 0) is 30.4 Å². The van der Waals surface area contributed by atoms with Gasteiger partial charge < -0.3 is 10.1 Å². The maximum Gasteiger partial charge on any atom is 0.212 e. The lowest BCUT2D eigenvalue weighted by Gasteiger charge is -2.17. The summed E-state index contributed by atoms with van der Waals surface area (Å²) in [6.45, 7) is 8.77. The Hall–Kier alpha value is -1.09. The number of nitrogens with zero attached hydrogens (tertiary/aromatic N) is 1. The molecule has 1 heterocycles. The molecule has 96 valence electrons. The van der Waals surface area contributed by atoms with Gasteiger partial charge in [-0.3, -0.25) is 0 Å². The fraction of sp³-hybridized carbons (Fsp3) is 0.643. The smallest absolute Gasteiger partial charge is 0.212 e. The molecule has 0 unspecified atom stereocenters. The molecule has 1 N–H and O–H groups in total. The van der Waals surface area contributed by atoms with Gasteiger partial charge in [-0.1, -0.05) is 26.8 Å². The van der Waals surface area contributed by atoms with Gasteiger partial charge in [0.25, 0.3) is 0 Å². The topological polar surface area (TPSA) is 34.1 Å². The van der Waals surface area contributed by atoms with E-state index in [2.05, 4.69) is 31.1 Å². The number of rotatable bonds is 6. The van der Waals surface area contributed by atoms with Gasteiger partial charge in [0.05, 0.1) is 7.11 Å². The molecule has 0 atom stereocenters. The van der Waals surface area contributed by atoms with Crippen molar-refractivity contribution in [1.29, 1.82) is 0 Å². The number of pyridine rings is 1. The normalized spacial score (nSPS) is 11.5. The van der Waals surface area contributed by atoms with Crippen molar-refractivity contribution in [3.63, 3.8) is 0 Å². The molecular formula is C14H24N2O. The Balaban J connectivity index is 2.18. The summed E-state index contributed by atoms with van der Waals surface area (Å²) in [6.07, 6.45) is 4.32. The molecule has 0 aliphatic heterocycles. The average Bonchev–Trinajstić information content (AvgIpc) is 2.28. The number of hydrogen-bond acceptors (Lipinski definition) is 3. The van der Waals surface area contributed by atoms with Crippen molar-refractivity contribution in [3.05, 3.63) is 23.9 Å². The Labute approximate surface area is 105 Å². The van der Waals surface area contributed by atoms with Gasteiger partial charge in [-0.2, -0.15) is 0 Å². The van der Waals surface area contributed by atoms with Gasteiger partial charge in [0, 0.05) is 18.8 Å². The number of ether oxygens (including phenoxy) is 1. The van der Waals surface area contributed by atoms with E-state index in [9.17, 15) is 0 Å². The fourth-order valence-electron chi connectivity index (χ4n) is 1.61. The zero-order valence-corrected chi connectivity index (χ0v) is 11.4. The number of aromatic nitrogens is 1. The molecule has 0 radical (unpaired) electrons. The molecule has 1 rings (SSSR count). The Morgan fingerprint density at radius 1 is 1.29 bits per heavy atom. The van der Waals surface area contributed by atoms with Crippen LogP contribution < -0.4 is 10.1 Å². The standard InChI is InChI=1S/C14H24N2O/c1-14(2,3)8-5-9-15-10-12-6-7-13(17-4)16-11-12/h6-7,11,15H,5,8-10H2,1-4H3. The molecule has 0 bridgehead atoms. The van der Waals surface area contributed by atoms with Gasteiger partial charge in [-0.25, -0.2) is 4.98 Å². The zero-order chi connectivity index (χ0) is 12.7. The first-order valence-electron chi connectivity index (χ1n) is 6.21. The summed E-state index contributed by atoms with van der Waals surface area (Å²) in [7, 11) is 1.63. The highest BCUT2D eigenvalue weighted by atomic mass is 16.5. The van der Waals surface area contributed by atoms with Crippen LogP contribution in [0.15, 0.2) is 18.3 Å². The minimum Gasteiger partial charge on any atom is -0.481 e. The zero-order valence-electron chi connectivity index (χ0n) is 11.4. The Bertz CT molecular complexity index is 314. The van der Waals surface area contributed by atoms with E-state index >= 15 is 0 Å². The van der Waals surface area contributed by atoms with Crippen LogP contribution >= 0.6 is 0 Å². The van der Waals surface area contributed by atoms with E-state index in [1.165, 1.54) is 18.4 Å². The molecule has 17 heavy (non-hydrogen) atoms. The third-order valence-corrected chi connectivity index (χ3v) is 2.62. The van der Waals surface area contributed by atoms with Gasteiger partial charge in [0.2, 0.25) is 5.88 Å². The summed E-state index contributed by atoms with van der Waals surface area (Å²) in [5.41, 5.74) is 1.63. The molecular weight excluding hydrogens is 212 g/mol. The first-order valence-corrected chi connectivity index (χ1v) is 6.21. The van der Waals surface area contributed by atoms with Crippen LogP contribution in [-0.4, -0.2) is 18.6 Å². The lowest BCUT2D eigenvalue weighted by molar-refractivity contribution is 0.361. The van der Waals surface area contributed by atoms with Crippen molar-refractivity contribution in [1.82, 2.24) is 10.3 Å². The minimum atomic E-state index is 0.434. The van der Waals surface area contributed by atoms with Crippen LogP contribution in [-0.2, 0) is 6.54 Å². The Kier molecular flexibility index (Phi) is 5.42.